The predicted molar refractivity (Wildman–Crippen MR) is 90.3 cm³/mol. The average Bonchev–Trinajstić information content (AvgIpc) is 2.62. The molecule has 2 N–H and O–H groups in total. The van der Waals surface area contributed by atoms with E-state index in [0.29, 0.717) is 11.3 Å². The van der Waals surface area contributed by atoms with Crippen LogP contribution in [0.3, 0.4) is 0 Å². The van der Waals surface area contributed by atoms with E-state index in [1.54, 1.807) is 0 Å². The zero-order valence-electron chi connectivity index (χ0n) is 13.1. The number of ether oxygens (including phenoxy) is 1. The Morgan fingerprint density at radius 3 is 2.52 bits per heavy atom. The minimum absolute atomic E-state index is 0.0477. The molecular weight excluding hydrogens is 327 g/mol. The van der Waals surface area contributed by atoms with Gasteiger partial charge in [-0.1, -0.05) is 6.07 Å². The topological polar surface area (TPSA) is 88.3 Å². The number of fused-ring (bicyclic) bond motifs is 1. The van der Waals surface area contributed by atoms with Gasteiger partial charge in [0.15, 0.2) is 0 Å². The molecule has 0 unspecified atom stereocenters. The number of rotatable bonds is 3. The first-order chi connectivity index (χ1) is 12.0. The first-order valence-electron chi connectivity index (χ1n) is 7.31. The number of aromatic amines is 1. The summed E-state index contributed by atoms with van der Waals surface area (Å²) in [6.07, 6.45) is 1.17. The van der Waals surface area contributed by atoms with Crippen LogP contribution in [0.25, 0.3) is 10.9 Å². The summed E-state index contributed by atoms with van der Waals surface area (Å²) < 4.78 is 18.3. The van der Waals surface area contributed by atoms with E-state index in [-0.39, 0.29) is 16.5 Å². The number of hydrogen-bond acceptors (Lipinski definition) is 4. The Morgan fingerprint density at radius 1 is 1.12 bits per heavy atom. The van der Waals surface area contributed by atoms with Gasteiger partial charge in [0.05, 0.1) is 18.2 Å². The highest BCUT2D eigenvalue weighted by molar-refractivity contribution is 6.05. The van der Waals surface area contributed by atoms with Crippen LogP contribution in [-0.2, 0) is 4.74 Å². The Kier molecular flexibility index (Phi) is 4.30. The van der Waals surface area contributed by atoms with Crippen molar-refractivity contribution in [2.45, 2.75) is 0 Å². The van der Waals surface area contributed by atoms with Gasteiger partial charge in [0, 0.05) is 17.3 Å². The highest BCUT2D eigenvalue weighted by Gasteiger charge is 2.15. The van der Waals surface area contributed by atoms with Gasteiger partial charge in [-0.05, 0) is 36.4 Å². The summed E-state index contributed by atoms with van der Waals surface area (Å²) in [5.74, 6) is -1.70. The summed E-state index contributed by atoms with van der Waals surface area (Å²) >= 11 is 0. The number of benzene rings is 2. The van der Waals surface area contributed by atoms with Crippen LogP contribution >= 0.6 is 0 Å². The molecule has 1 amide bonds. The molecular formula is C18H13FN2O4. The van der Waals surface area contributed by atoms with Crippen LogP contribution < -0.4 is 10.7 Å². The fourth-order valence-electron chi connectivity index (χ4n) is 2.39. The van der Waals surface area contributed by atoms with E-state index in [1.807, 2.05) is 0 Å². The van der Waals surface area contributed by atoms with Crippen molar-refractivity contribution in [3.8, 4) is 0 Å². The number of H-pyrrole nitrogens is 1. The van der Waals surface area contributed by atoms with Gasteiger partial charge in [0.1, 0.15) is 11.4 Å². The second-order valence-corrected chi connectivity index (χ2v) is 5.22. The maximum absolute atomic E-state index is 13.7. The largest absolute Gasteiger partial charge is 0.465 e. The van der Waals surface area contributed by atoms with E-state index in [9.17, 15) is 18.8 Å². The molecule has 6 nitrogen and oxygen atoms in total. The molecule has 3 aromatic rings. The molecule has 0 radical (unpaired) electrons. The SMILES string of the molecule is COC(=O)c1ccc(NC(=O)c2c[nH]c3c(F)cccc3c2=O)cc1. The molecule has 0 saturated heterocycles. The van der Waals surface area contributed by atoms with Crippen molar-refractivity contribution in [3.63, 3.8) is 0 Å². The predicted octanol–water partition coefficient (Wildman–Crippen LogP) is 2.71. The van der Waals surface area contributed by atoms with Gasteiger partial charge in [-0.2, -0.15) is 0 Å². The van der Waals surface area contributed by atoms with Crippen molar-refractivity contribution >= 4 is 28.5 Å². The lowest BCUT2D eigenvalue weighted by atomic mass is 10.1. The van der Waals surface area contributed by atoms with Crippen LogP contribution in [0.4, 0.5) is 10.1 Å². The third-order valence-electron chi connectivity index (χ3n) is 3.67. The fraction of sp³-hybridized carbons (Fsp3) is 0.0556. The molecule has 0 spiro atoms. The number of nitrogens with one attached hydrogen (secondary N) is 2. The summed E-state index contributed by atoms with van der Waals surface area (Å²) in [5.41, 5.74) is 0.0643. The average molecular weight is 340 g/mol. The molecule has 1 aromatic heterocycles. The first-order valence-corrected chi connectivity index (χ1v) is 7.31. The second kappa shape index (κ2) is 6.56. The molecule has 0 fully saturated rings. The number of esters is 1. The minimum Gasteiger partial charge on any atom is -0.465 e. The Balaban J connectivity index is 1.89. The Bertz CT molecular complexity index is 1030. The van der Waals surface area contributed by atoms with Gasteiger partial charge in [0.25, 0.3) is 5.91 Å². The highest BCUT2D eigenvalue weighted by Crippen LogP contribution is 2.14. The quantitative estimate of drug-likeness (QED) is 0.718. The molecule has 2 aromatic carbocycles. The maximum Gasteiger partial charge on any atom is 0.337 e. The second-order valence-electron chi connectivity index (χ2n) is 5.22. The van der Waals surface area contributed by atoms with Gasteiger partial charge in [-0.3, -0.25) is 9.59 Å². The number of pyridine rings is 1. The van der Waals surface area contributed by atoms with E-state index in [0.717, 1.165) is 0 Å². The zero-order chi connectivity index (χ0) is 18.0. The summed E-state index contributed by atoms with van der Waals surface area (Å²) in [6.45, 7) is 0. The normalized spacial score (nSPS) is 10.5. The van der Waals surface area contributed by atoms with Gasteiger partial charge >= 0.3 is 5.97 Å². The van der Waals surface area contributed by atoms with Crippen LogP contribution in [0.2, 0.25) is 0 Å². The molecule has 0 aliphatic carbocycles. The van der Waals surface area contributed by atoms with Crippen LogP contribution in [0, 0.1) is 5.82 Å². The summed E-state index contributed by atoms with van der Waals surface area (Å²) in [4.78, 5) is 38.7. The lowest BCUT2D eigenvalue weighted by molar-refractivity contribution is 0.0600. The molecule has 0 bridgehead atoms. The van der Waals surface area contributed by atoms with E-state index in [2.05, 4.69) is 15.0 Å². The van der Waals surface area contributed by atoms with Crippen LogP contribution in [0.1, 0.15) is 20.7 Å². The van der Waals surface area contributed by atoms with Crippen molar-refractivity contribution in [2.24, 2.45) is 0 Å². The number of carbonyl (C=O) groups excluding carboxylic acids is 2. The van der Waals surface area contributed by atoms with E-state index < -0.39 is 23.1 Å². The number of aromatic nitrogens is 1. The zero-order valence-corrected chi connectivity index (χ0v) is 13.1. The standard InChI is InChI=1S/C18H13FN2O4/c1-25-18(24)10-5-7-11(8-6-10)21-17(23)13-9-20-15-12(16(13)22)3-2-4-14(15)19/h2-9H,1H3,(H,20,22)(H,21,23). The molecule has 7 heteroatoms. The van der Waals surface area contributed by atoms with Gasteiger partial charge in [0.2, 0.25) is 5.43 Å². The smallest absolute Gasteiger partial charge is 0.337 e. The molecule has 0 saturated carbocycles. The fourth-order valence-corrected chi connectivity index (χ4v) is 2.39. The molecule has 3 rings (SSSR count). The molecule has 0 aliphatic heterocycles. The minimum atomic E-state index is -0.641. The maximum atomic E-state index is 13.7. The van der Waals surface area contributed by atoms with Crippen LogP contribution in [0.5, 0.6) is 0 Å². The Morgan fingerprint density at radius 2 is 1.84 bits per heavy atom. The van der Waals surface area contributed by atoms with Crippen LogP contribution in [-0.4, -0.2) is 24.0 Å². The number of methoxy groups -OCH3 is 1. The molecule has 25 heavy (non-hydrogen) atoms. The van der Waals surface area contributed by atoms with E-state index in [1.165, 1.54) is 55.8 Å². The van der Waals surface area contributed by atoms with E-state index >= 15 is 0 Å². The summed E-state index contributed by atoms with van der Waals surface area (Å²) in [7, 11) is 1.27. The molecule has 126 valence electrons. The highest BCUT2D eigenvalue weighted by atomic mass is 19.1. The van der Waals surface area contributed by atoms with E-state index in [4.69, 9.17) is 0 Å². The third-order valence-corrected chi connectivity index (χ3v) is 3.67. The summed E-state index contributed by atoms with van der Waals surface area (Å²) in [5, 5.41) is 2.65. The summed E-state index contributed by atoms with van der Waals surface area (Å²) in [6, 6.07) is 10.1. The van der Waals surface area contributed by atoms with Crippen molar-refractivity contribution in [1.82, 2.24) is 4.98 Å². The number of carbonyl (C=O) groups is 2. The number of anilines is 1. The van der Waals surface area contributed by atoms with Gasteiger partial charge in [-0.15, -0.1) is 0 Å². The first kappa shape index (κ1) is 16.4. The van der Waals surface area contributed by atoms with Crippen molar-refractivity contribution in [3.05, 3.63) is 75.8 Å². The Hall–Kier alpha value is -3.48. The van der Waals surface area contributed by atoms with Crippen molar-refractivity contribution in [2.75, 3.05) is 12.4 Å². The van der Waals surface area contributed by atoms with Crippen molar-refractivity contribution < 1.29 is 18.7 Å². The molecule has 1 heterocycles. The monoisotopic (exact) mass is 340 g/mol. The van der Waals surface area contributed by atoms with Gasteiger partial charge < -0.3 is 15.0 Å². The lowest BCUT2D eigenvalue weighted by Gasteiger charge is -2.07. The third kappa shape index (κ3) is 3.12. The molecule has 0 aliphatic rings. The number of hydrogen-bond donors (Lipinski definition) is 2. The number of amides is 1. The molecule has 0 atom stereocenters. The van der Waals surface area contributed by atoms with Gasteiger partial charge in [-0.25, -0.2) is 9.18 Å². The number of para-hydroxylation sites is 1. The number of halogens is 1. The Labute approximate surface area is 141 Å². The lowest BCUT2D eigenvalue weighted by Crippen LogP contribution is -2.22. The van der Waals surface area contributed by atoms with Crippen molar-refractivity contribution in [1.29, 1.82) is 0 Å². The van der Waals surface area contributed by atoms with Crippen LogP contribution in [0.15, 0.2) is 53.5 Å².